The minimum Gasteiger partial charge on any atom is -0.392 e. The van der Waals surface area contributed by atoms with E-state index in [1.54, 1.807) is 12.4 Å². The molecule has 0 aliphatic heterocycles. The van der Waals surface area contributed by atoms with Gasteiger partial charge >= 0.3 is 0 Å². The normalized spacial score (nSPS) is 13.4. The highest BCUT2D eigenvalue weighted by Gasteiger charge is 2.09. The molecular weight excluding hydrogens is 216 g/mol. The van der Waals surface area contributed by atoms with Crippen LogP contribution in [0, 0.1) is 5.92 Å². The van der Waals surface area contributed by atoms with Crippen LogP contribution in [0.1, 0.15) is 19.5 Å². The third-order valence-corrected chi connectivity index (χ3v) is 2.82. The lowest BCUT2D eigenvalue weighted by Crippen LogP contribution is -2.30. The van der Waals surface area contributed by atoms with Crippen molar-refractivity contribution in [3.8, 4) is 0 Å². The third kappa shape index (κ3) is 2.81. The number of hydrogen-bond donors (Lipinski definition) is 2. The molecule has 1 atom stereocenters. The van der Waals surface area contributed by atoms with Crippen molar-refractivity contribution in [2.75, 3.05) is 6.54 Å². The lowest BCUT2D eigenvalue weighted by Gasteiger charge is -2.14. The zero-order valence-corrected chi connectivity index (χ0v) is 10.2. The molecule has 0 saturated carbocycles. The average Bonchev–Trinajstić information content (AvgIpc) is 2.72. The topological polar surface area (TPSA) is 62.5 Å². The summed E-state index contributed by atoms with van der Waals surface area (Å²) in [5.41, 5.74) is 1.91. The Hall–Kier alpha value is -1.46. The zero-order chi connectivity index (χ0) is 12.3. The minimum atomic E-state index is -0.309. The maximum atomic E-state index is 9.67. The van der Waals surface area contributed by atoms with Gasteiger partial charge in [0, 0.05) is 25.5 Å². The molecule has 2 rings (SSSR count). The molecular formula is C12H18N4O. The van der Waals surface area contributed by atoms with Gasteiger partial charge in [-0.2, -0.15) is 0 Å². The average molecular weight is 234 g/mol. The van der Waals surface area contributed by atoms with Crippen molar-refractivity contribution >= 4 is 5.65 Å². The first-order chi connectivity index (χ1) is 8.18. The standard InChI is InChI=1S/C12H18N4O/c1-9(2)11(17)7-14-5-10-6-15-12-8-13-3-4-16(10)12/h3-4,6,8-9,11,14,17H,5,7H2,1-2H3. The summed E-state index contributed by atoms with van der Waals surface area (Å²) < 4.78 is 1.99. The molecule has 2 aromatic heterocycles. The van der Waals surface area contributed by atoms with Crippen molar-refractivity contribution < 1.29 is 5.11 Å². The number of nitrogens with one attached hydrogen (secondary N) is 1. The molecule has 0 bridgehead atoms. The molecule has 5 heteroatoms. The Morgan fingerprint density at radius 2 is 2.24 bits per heavy atom. The van der Waals surface area contributed by atoms with Gasteiger partial charge in [-0.1, -0.05) is 13.8 Å². The monoisotopic (exact) mass is 234 g/mol. The third-order valence-electron chi connectivity index (χ3n) is 2.82. The van der Waals surface area contributed by atoms with E-state index in [0.29, 0.717) is 13.1 Å². The fourth-order valence-electron chi connectivity index (χ4n) is 1.61. The summed E-state index contributed by atoms with van der Waals surface area (Å²) in [5, 5.41) is 12.9. The first kappa shape index (κ1) is 12.0. The highest BCUT2D eigenvalue weighted by Crippen LogP contribution is 2.04. The molecule has 0 aromatic carbocycles. The fourth-order valence-corrected chi connectivity index (χ4v) is 1.61. The Kier molecular flexibility index (Phi) is 3.71. The SMILES string of the molecule is CC(C)C(O)CNCc1cnc2cnccn12. The van der Waals surface area contributed by atoms with Gasteiger partial charge in [0.2, 0.25) is 0 Å². The van der Waals surface area contributed by atoms with Crippen LogP contribution in [0.2, 0.25) is 0 Å². The van der Waals surface area contributed by atoms with E-state index in [1.807, 2.05) is 30.6 Å². The van der Waals surface area contributed by atoms with Crippen LogP contribution in [0.4, 0.5) is 0 Å². The molecule has 0 spiro atoms. The highest BCUT2D eigenvalue weighted by atomic mass is 16.3. The Morgan fingerprint density at radius 3 is 3.00 bits per heavy atom. The van der Waals surface area contributed by atoms with Gasteiger partial charge in [0.25, 0.3) is 0 Å². The van der Waals surface area contributed by atoms with Crippen molar-refractivity contribution in [3.05, 3.63) is 30.5 Å². The molecule has 0 radical (unpaired) electrons. The van der Waals surface area contributed by atoms with E-state index >= 15 is 0 Å². The molecule has 2 heterocycles. The Balaban J connectivity index is 1.95. The fraction of sp³-hybridized carbons (Fsp3) is 0.500. The summed E-state index contributed by atoms with van der Waals surface area (Å²) >= 11 is 0. The molecule has 0 saturated heterocycles. The van der Waals surface area contributed by atoms with Crippen molar-refractivity contribution in [1.82, 2.24) is 19.7 Å². The number of aromatic nitrogens is 3. The molecule has 5 nitrogen and oxygen atoms in total. The molecule has 0 aliphatic carbocycles. The van der Waals surface area contributed by atoms with Gasteiger partial charge in [0.05, 0.1) is 24.2 Å². The summed E-state index contributed by atoms with van der Waals surface area (Å²) in [6, 6.07) is 0. The maximum Gasteiger partial charge on any atom is 0.155 e. The van der Waals surface area contributed by atoms with Gasteiger partial charge in [0.15, 0.2) is 5.65 Å². The number of aliphatic hydroxyl groups is 1. The van der Waals surface area contributed by atoms with E-state index in [0.717, 1.165) is 11.3 Å². The Labute approximate surface area is 101 Å². The van der Waals surface area contributed by atoms with Crippen LogP contribution in [-0.4, -0.2) is 32.1 Å². The van der Waals surface area contributed by atoms with Gasteiger partial charge < -0.3 is 10.4 Å². The van der Waals surface area contributed by atoms with Crippen LogP contribution in [0.3, 0.4) is 0 Å². The maximum absolute atomic E-state index is 9.67. The van der Waals surface area contributed by atoms with Gasteiger partial charge in [-0.05, 0) is 5.92 Å². The predicted molar refractivity (Wildman–Crippen MR) is 65.5 cm³/mol. The van der Waals surface area contributed by atoms with Crippen LogP contribution < -0.4 is 5.32 Å². The van der Waals surface area contributed by atoms with E-state index in [9.17, 15) is 5.11 Å². The first-order valence-electron chi connectivity index (χ1n) is 5.83. The summed E-state index contributed by atoms with van der Waals surface area (Å²) in [6.07, 6.45) is 6.87. The quantitative estimate of drug-likeness (QED) is 0.804. The lowest BCUT2D eigenvalue weighted by atomic mass is 10.1. The van der Waals surface area contributed by atoms with Crippen molar-refractivity contribution in [1.29, 1.82) is 0 Å². The Morgan fingerprint density at radius 1 is 1.41 bits per heavy atom. The van der Waals surface area contributed by atoms with Crippen LogP contribution >= 0.6 is 0 Å². The Bertz CT molecular complexity index is 480. The number of rotatable bonds is 5. The molecule has 0 fully saturated rings. The zero-order valence-electron chi connectivity index (χ0n) is 10.2. The van der Waals surface area contributed by atoms with Crippen molar-refractivity contribution in [2.24, 2.45) is 5.92 Å². The summed E-state index contributed by atoms with van der Waals surface area (Å²) in [4.78, 5) is 8.26. The van der Waals surface area contributed by atoms with Crippen LogP contribution in [0.5, 0.6) is 0 Å². The number of aliphatic hydroxyl groups excluding tert-OH is 1. The van der Waals surface area contributed by atoms with Crippen LogP contribution in [0.25, 0.3) is 5.65 Å². The van der Waals surface area contributed by atoms with E-state index in [-0.39, 0.29) is 12.0 Å². The second-order valence-corrected chi connectivity index (χ2v) is 4.50. The predicted octanol–water partition coefficient (Wildman–Crippen LogP) is 0.836. The van der Waals surface area contributed by atoms with Crippen LogP contribution in [0.15, 0.2) is 24.8 Å². The molecule has 2 aromatic rings. The van der Waals surface area contributed by atoms with Gasteiger partial charge in [-0.25, -0.2) is 4.98 Å². The molecule has 0 amide bonds. The molecule has 92 valence electrons. The molecule has 1 unspecified atom stereocenters. The highest BCUT2D eigenvalue weighted by molar-refractivity contribution is 5.36. The molecule has 17 heavy (non-hydrogen) atoms. The summed E-state index contributed by atoms with van der Waals surface area (Å²) in [6.45, 7) is 5.30. The number of imidazole rings is 1. The van der Waals surface area contributed by atoms with E-state index < -0.39 is 0 Å². The van der Waals surface area contributed by atoms with Crippen molar-refractivity contribution in [2.45, 2.75) is 26.5 Å². The summed E-state index contributed by atoms with van der Waals surface area (Å²) in [5.74, 6) is 0.272. The number of hydrogen-bond acceptors (Lipinski definition) is 4. The minimum absolute atomic E-state index is 0.272. The number of fused-ring (bicyclic) bond motifs is 1. The molecule has 0 aliphatic rings. The molecule has 2 N–H and O–H groups in total. The summed E-state index contributed by atoms with van der Waals surface area (Å²) in [7, 11) is 0. The van der Waals surface area contributed by atoms with E-state index in [1.165, 1.54) is 0 Å². The van der Waals surface area contributed by atoms with E-state index in [4.69, 9.17) is 0 Å². The van der Waals surface area contributed by atoms with E-state index in [2.05, 4.69) is 15.3 Å². The first-order valence-corrected chi connectivity index (χ1v) is 5.83. The second-order valence-electron chi connectivity index (χ2n) is 4.50. The van der Waals surface area contributed by atoms with Gasteiger partial charge in [-0.3, -0.25) is 9.38 Å². The lowest BCUT2D eigenvalue weighted by molar-refractivity contribution is 0.123. The smallest absolute Gasteiger partial charge is 0.155 e. The van der Waals surface area contributed by atoms with Crippen LogP contribution in [-0.2, 0) is 6.54 Å². The second kappa shape index (κ2) is 5.25. The van der Waals surface area contributed by atoms with Gasteiger partial charge in [-0.15, -0.1) is 0 Å². The van der Waals surface area contributed by atoms with Gasteiger partial charge in [0.1, 0.15) is 0 Å². The van der Waals surface area contributed by atoms with Crippen molar-refractivity contribution in [3.63, 3.8) is 0 Å². The number of nitrogens with zero attached hydrogens (tertiary/aromatic N) is 3. The largest absolute Gasteiger partial charge is 0.392 e.